The summed E-state index contributed by atoms with van der Waals surface area (Å²) in [6.45, 7) is -1.18. The van der Waals surface area contributed by atoms with Gasteiger partial charge in [-0.05, 0) is 58.3 Å². The molecule has 4 heterocycles. The molecule has 334 valence electrons. The third kappa shape index (κ3) is 11.2. The molecule has 8 atom stereocenters. The minimum atomic E-state index is -1.61. The Kier molecular flexibility index (Phi) is 17.1. The summed E-state index contributed by atoms with van der Waals surface area (Å²) in [6, 6.07) is -9.31. The Morgan fingerprint density at radius 3 is 1.53 bits per heavy atom. The van der Waals surface area contributed by atoms with E-state index in [0.717, 1.165) is 0 Å². The number of aliphatic hydroxyl groups excluding tert-OH is 3. The fourth-order valence-electron chi connectivity index (χ4n) is 8.01. The van der Waals surface area contributed by atoms with Crippen LogP contribution in [0, 0.1) is 0 Å². The highest BCUT2D eigenvalue weighted by Crippen LogP contribution is 2.29. The van der Waals surface area contributed by atoms with E-state index in [1.807, 2.05) is 0 Å². The van der Waals surface area contributed by atoms with E-state index in [0.29, 0.717) is 57.9 Å². The SMILES string of the molecule is C[C@H](NC(=O)CNC(=O)[C@H](CO)NC(=O)[C@H](CO)NC(=O)[C@@H]1CCCN1C(=O)CN)C(=O)N1CCC[C@H]1C(=O)N1CCC[C@H]1C(=O)N1CCC[C@H]1C(=O)N[C@@H](CO)C(N)=O. The number of primary amides is 1. The molecule has 4 aliphatic rings. The Morgan fingerprint density at radius 2 is 1.02 bits per heavy atom. The van der Waals surface area contributed by atoms with Gasteiger partial charge in [-0.2, -0.15) is 0 Å². The van der Waals surface area contributed by atoms with Crippen molar-refractivity contribution in [2.24, 2.45) is 11.5 Å². The fraction of sp³-hybridized carbons (Fsp3) is 0.722. The molecule has 12 N–H and O–H groups in total. The van der Waals surface area contributed by atoms with Crippen LogP contribution in [0.2, 0.25) is 0 Å². The maximum absolute atomic E-state index is 13.9. The number of aliphatic hydroxyl groups is 3. The van der Waals surface area contributed by atoms with Crippen molar-refractivity contribution in [2.45, 2.75) is 107 Å². The molecule has 0 aliphatic carbocycles. The lowest BCUT2D eigenvalue weighted by molar-refractivity contribution is -0.151. The molecule has 4 aliphatic heterocycles. The van der Waals surface area contributed by atoms with E-state index < -0.39 is 134 Å². The number of carbonyl (C=O) groups is 10. The van der Waals surface area contributed by atoms with Crippen molar-refractivity contribution >= 4 is 59.1 Å². The number of nitrogens with two attached hydrogens (primary N) is 2. The molecule has 4 rings (SSSR count). The first-order valence-electron chi connectivity index (χ1n) is 20.1. The van der Waals surface area contributed by atoms with Gasteiger partial charge in [-0.1, -0.05) is 0 Å². The smallest absolute Gasteiger partial charge is 0.246 e. The normalized spacial score (nSPS) is 23.3. The van der Waals surface area contributed by atoms with Crippen molar-refractivity contribution in [1.82, 2.24) is 46.2 Å². The van der Waals surface area contributed by atoms with Gasteiger partial charge in [0.05, 0.1) is 32.9 Å². The predicted molar refractivity (Wildman–Crippen MR) is 205 cm³/mol. The summed E-state index contributed by atoms with van der Waals surface area (Å²) in [4.78, 5) is 135. The van der Waals surface area contributed by atoms with Crippen LogP contribution in [0.1, 0.15) is 58.3 Å². The van der Waals surface area contributed by atoms with Gasteiger partial charge in [0, 0.05) is 26.2 Å². The molecule has 4 saturated heterocycles. The van der Waals surface area contributed by atoms with Gasteiger partial charge < -0.3 is 73.0 Å². The van der Waals surface area contributed by atoms with Gasteiger partial charge in [0.2, 0.25) is 59.1 Å². The zero-order valence-electron chi connectivity index (χ0n) is 33.5. The Balaban J connectivity index is 1.27. The molecule has 60 heavy (non-hydrogen) atoms. The molecule has 0 radical (unpaired) electrons. The maximum Gasteiger partial charge on any atom is 0.246 e. The standard InChI is InChI=1S/C36H57N11O13/c1-19(40-27(51)15-39-30(54)21(17-49)42-31(55)22(18-50)43-32(56)23-6-2-10-44(23)28(52)14-37)34(58)46-12-4-8-25(46)36(60)47-13-5-9-26(47)35(59)45-11-3-7-24(45)33(57)41-20(16-48)29(38)53/h19-26,48-50H,2-18,37H2,1H3,(H2,38,53)(H,39,54)(H,40,51)(H,41,57)(H,42,55)(H,43,56)/t19-,20-,21-,22-,23-,24-,25-,26-/m0/s1. The number of rotatable bonds is 18. The molecule has 0 aromatic heterocycles. The van der Waals surface area contributed by atoms with E-state index >= 15 is 0 Å². The van der Waals surface area contributed by atoms with E-state index in [-0.39, 0.29) is 26.2 Å². The third-order valence-corrected chi connectivity index (χ3v) is 11.2. The number of nitrogens with zero attached hydrogens (tertiary/aromatic N) is 4. The van der Waals surface area contributed by atoms with Crippen LogP contribution < -0.4 is 38.1 Å². The number of nitrogens with one attached hydrogen (secondary N) is 5. The number of carbonyl (C=O) groups excluding carboxylic acids is 10. The van der Waals surface area contributed by atoms with Crippen LogP contribution in [-0.4, -0.2) is 201 Å². The van der Waals surface area contributed by atoms with Gasteiger partial charge in [-0.15, -0.1) is 0 Å². The first kappa shape index (κ1) is 47.2. The molecule has 0 aromatic carbocycles. The van der Waals surface area contributed by atoms with E-state index in [2.05, 4.69) is 26.6 Å². The molecular formula is C36H57N11O13. The first-order chi connectivity index (χ1) is 28.6. The number of amides is 10. The molecular weight excluding hydrogens is 794 g/mol. The van der Waals surface area contributed by atoms with E-state index in [4.69, 9.17) is 11.5 Å². The van der Waals surface area contributed by atoms with Crippen molar-refractivity contribution in [3.63, 3.8) is 0 Å². The Bertz CT molecular complexity index is 1670. The zero-order chi connectivity index (χ0) is 44.3. The minimum Gasteiger partial charge on any atom is -0.394 e. The third-order valence-electron chi connectivity index (χ3n) is 11.2. The lowest BCUT2D eigenvalue weighted by atomic mass is 10.1. The van der Waals surface area contributed by atoms with E-state index in [9.17, 15) is 63.3 Å². The molecule has 0 bridgehead atoms. The first-order valence-corrected chi connectivity index (χ1v) is 20.1. The summed E-state index contributed by atoms with van der Waals surface area (Å²) in [5.41, 5.74) is 10.6. The largest absolute Gasteiger partial charge is 0.394 e. The van der Waals surface area contributed by atoms with Crippen LogP contribution in [0.15, 0.2) is 0 Å². The van der Waals surface area contributed by atoms with Crippen LogP contribution in [0.5, 0.6) is 0 Å². The molecule has 4 fully saturated rings. The summed E-state index contributed by atoms with van der Waals surface area (Å²) < 4.78 is 0. The highest BCUT2D eigenvalue weighted by molar-refractivity contribution is 5.98. The average molecular weight is 852 g/mol. The van der Waals surface area contributed by atoms with Crippen molar-refractivity contribution < 1.29 is 63.3 Å². The van der Waals surface area contributed by atoms with Gasteiger partial charge in [0.25, 0.3) is 0 Å². The molecule has 24 heteroatoms. The molecule has 0 aromatic rings. The lowest BCUT2D eigenvalue weighted by Crippen LogP contribution is -2.59. The van der Waals surface area contributed by atoms with Crippen LogP contribution in [0.25, 0.3) is 0 Å². The Labute approximate surface area is 345 Å². The average Bonchev–Trinajstić information content (AvgIpc) is 4.08. The summed E-state index contributed by atoms with van der Waals surface area (Å²) in [6.07, 6.45) is 3.22. The van der Waals surface area contributed by atoms with Crippen LogP contribution in [-0.2, 0) is 47.9 Å². The predicted octanol–water partition coefficient (Wildman–Crippen LogP) is -7.55. The second-order valence-corrected chi connectivity index (χ2v) is 15.2. The van der Waals surface area contributed by atoms with Crippen LogP contribution in [0.4, 0.5) is 0 Å². The molecule has 10 amide bonds. The van der Waals surface area contributed by atoms with Crippen molar-refractivity contribution in [3.8, 4) is 0 Å². The molecule has 24 nitrogen and oxygen atoms in total. The second-order valence-electron chi connectivity index (χ2n) is 15.2. The highest BCUT2D eigenvalue weighted by atomic mass is 16.3. The van der Waals surface area contributed by atoms with Crippen LogP contribution in [0.3, 0.4) is 0 Å². The lowest BCUT2D eigenvalue weighted by Gasteiger charge is -2.34. The summed E-state index contributed by atoms with van der Waals surface area (Å²) >= 11 is 0. The molecule has 0 saturated carbocycles. The zero-order valence-corrected chi connectivity index (χ0v) is 33.5. The Morgan fingerprint density at radius 1 is 0.583 bits per heavy atom. The van der Waals surface area contributed by atoms with Gasteiger partial charge in [0.1, 0.15) is 48.3 Å². The van der Waals surface area contributed by atoms with Gasteiger partial charge in [0.15, 0.2) is 0 Å². The molecule has 0 spiro atoms. The number of hydrogen-bond acceptors (Lipinski definition) is 14. The van der Waals surface area contributed by atoms with Crippen molar-refractivity contribution in [3.05, 3.63) is 0 Å². The van der Waals surface area contributed by atoms with E-state index in [1.54, 1.807) is 0 Å². The topological polar surface area (TPSA) is 357 Å². The van der Waals surface area contributed by atoms with Crippen molar-refractivity contribution in [2.75, 3.05) is 59.1 Å². The monoisotopic (exact) mass is 851 g/mol. The van der Waals surface area contributed by atoms with Gasteiger partial charge >= 0.3 is 0 Å². The number of likely N-dealkylation sites (tertiary alicyclic amines) is 4. The molecule has 0 unspecified atom stereocenters. The van der Waals surface area contributed by atoms with Gasteiger partial charge in [-0.3, -0.25) is 47.9 Å². The summed E-state index contributed by atoms with van der Waals surface area (Å²) in [7, 11) is 0. The van der Waals surface area contributed by atoms with Crippen molar-refractivity contribution in [1.29, 1.82) is 0 Å². The summed E-state index contributed by atoms with van der Waals surface area (Å²) in [5.74, 6) is -7.12. The van der Waals surface area contributed by atoms with Crippen LogP contribution >= 0.6 is 0 Å². The second kappa shape index (κ2) is 21.7. The number of hydrogen-bond donors (Lipinski definition) is 10. The minimum absolute atomic E-state index is 0.191. The quantitative estimate of drug-likeness (QED) is 0.0613. The fourth-order valence-corrected chi connectivity index (χ4v) is 8.01. The van der Waals surface area contributed by atoms with Gasteiger partial charge in [-0.25, -0.2) is 0 Å². The maximum atomic E-state index is 13.9. The summed E-state index contributed by atoms with van der Waals surface area (Å²) in [5, 5.41) is 40.6. The Hall–Kier alpha value is -5.46. The van der Waals surface area contributed by atoms with E-state index in [1.165, 1.54) is 26.5 Å². The highest BCUT2D eigenvalue weighted by Gasteiger charge is 2.46.